The molecule has 0 bridgehead atoms. The summed E-state index contributed by atoms with van der Waals surface area (Å²) in [6.07, 6.45) is 7.15. The van der Waals surface area contributed by atoms with Crippen LogP contribution in [0.5, 0.6) is 5.88 Å². The molecule has 1 aliphatic carbocycles. The van der Waals surface area contributed by atoms with Crippen LogP contribution in [0.1, 0.15) is 63.1 Å². The first-order valence-corrected chi connectivity index (χ1v) is 13.3. The Kier molecular flexibility index (Phi) is 5.99. The van der Waals surface area contributed by atoms with Gasteiger partial charge < -0.3 is 9.26 Å². The molecule has 10 nitrogen and oxygen atoms in total. The van der Waals surface area contributed by atoms with Crippen molar-refractivity contribution in [2.24, 2.45) is 0 Å². The van der Waals surface area contributed by atoms with Crippen molar-refractivity contribution in [3.63, 3.8) is 0 Å². The fourth-order valence-corrected chi connectivity index (χ4v) is 4.85. The molecule has 3 aromatic heterocycles. The molecule has 1 aromatic carbocycles. The van der Waals surface area contributed by atoms with Crippen molar-refractivity contribution < 1.29 is 22.1 Å². The summed E-state index contributed by atoms with van der Waals surface area (Å²) in [7, 11) is -3.53. The summed E-state index contributed by atoms with van der Waals surface area (Å²) < 4.78 is 51.2. The number of nitrogens with zero attached hydrogens (tertiary/aromatic N) is 6. The maximum Gasteiger partial charge on any atom is 0.229 e. The minimum Gasteiger partial charge on any atom is -0.474 e. The van der Waals surface area contributed by atoms with Crippen molar-refractivity contribution >= 4 is 20.9 Å². The van der Waals surface area contributed by atoms with Gasteiger partial charge in [0.15, 0.2) is 21.3 Å². The minimum atomic E-state index is -3.53. The van der Waals surface area contributed by atoms with Crippen molar-refractivity contribution in [2.45, 2.75) is 62.4 Å². The van der Waals surface area contributed by atoms with Crippen LogP contribution in [-0.4, -0.2) is 50.7 Å². The quantitative estimate of drug-likeness (QED) is 0.386. The number of ether oxygens (including phenoxy) is 1. The van der Waals surface area contributed by atoms with Crippen LogP contribution in [0.15, 0.2) is 40.1 Å². The van der Waals surface area contributed by atoms with E-state index in [2.05, 4.69) is 25.2 Å². The number of aromatic nitrogens is 6. The van der Waals surface area contributed by atoms with Crippen LogP contribution in [0, 0.1) is 5.82 Å². The highest BCUT2D eigenvalue weighted by molar-refractivity contribution is 7.90. The van der Waals surface area contributed by atoms with Gasteiger partial charge in [0.2, 0.25) is 11.8 Å². The van der Waals surface area contributed by atoms with Crippen LogP contribution in [0.4, 0.5) is 4.39 Å². The van der Waals surface area contributed by atoms with E-state index in [1.807, 2.05) is 13.8 Å². The van der Waals surface area contributed by atoms with E-state index in [1.165, 1.54) is 29.3 Å². The summed E-state index contributed by atoms with van der Waals surface area (Å²) in [6, 6.07) is 3.68. The average molecular weight is 501 g/mol. The van der Waals surface area contributed by atoms with Crippen molar-refractivity contribution in [3.8, 4) is 11.6 Å². The zero-order valence-electron chi connectivity index (χ0n) is 19.5. The Labute approximate surface area is 201 Å². The molecule has 0 saturated heterocycles. The van der Waals surface area contributed by atoms with E-state index < -0.39 is 15.7 Å². The molecular formula is C23H25FN6O4S. The monoisotopic (exact) mass is 500 g/mol. The van der Waals surface area contributed by atoms with Gasteiger partial charge in [-0.2, -0.15) is 10.1 Å². The summed E-state index contributed by atoms with van der Waals surface area (Å²) in [4.78, 5) is 12.9. The largest absolute Gasteiger partial charge is 0.474 e. The number of hydrogen-bond donors (Lipinski definition) is 0. The Morgan fingerprint density at radius 3 is 2.60 bits per heavy atom. The van der Waals surface area contributed by atoms with Crippen LogP contribution in [0.25, 0.3) is 16.7 Å². The topological polar surface area (TPSA) is 126 Å². The molecule has 0 aliphatic heterocycles. The lowest BCUT2D eigenvalue weighted by Crippen LogP contribution is -2.24. The number of hydrogen-bond acceptors (Lipinski definition) is 9. The van der Waals surface area contributed by atoms with E-state index in [4.69, 9.17) is 9.26 Å². The van der Waals surface area contributed by atoms with Gasteiger partial charge in [0, 0.05) is 18.1 Å². The van der Waals surface area contributed by atoms with Gasteiger partial charge in [0.05, 0.1) is 11.1 Å². The highest BCUT2D eigenvalue weighted by Crippen LogP contribution is 2.35. The SMILES string of the molecule is CC(C)c1noc(C2CCC(Oc3ncnc4c3cnn4-c3ccc(S(C)(=O)=O)cc3F)CC2)n1. The molecule has 0 spiro atoms. The fourth-order valence-electron chi connectivity index (χ4n) is 4.22. The van der Waals surface area contributed by atoms with E-state index in [1.54, 1.807) is 0 Å². The van der Waals surface area contributed by atoms with Crippen molar-refractivity contribution in [1.29, 1.82) is 0 Å². The molecule has 184 valence electrons. The zero-order valence-corrected chi connectivity index (χ0v) is 20.4. The Hall–Kier alpha value is -3.41. The van der Waals surface area contributed by atoms with Gasteiger partial charge >= 0.3 is 0 Å². The molecule has 5 rings (SSSR count). The van der Waals surface area contributed by atoms with Crippen LogP contribution >= 0.6 is 0 Å². The smallest absolute Gasteiger partial charge is 0.229 e. The minimum absolute atomic E-state index is 0.0500. The average Bonchev–Trinajstić information content (AvgIpc) is 3.47. The van der Waals surface area contributed by atoms with Gasteiger partial charge in [0.25, 0.3) is 0 Å². The first kappa shape index (κ1) is 23.3. The van der Waals surface area contributed by atoms with Crippen molar-refractivity contribution in [2.75, 3.05) is 6.26 Å². The van der Waals surface area contributed by atoms with E-state index in [-0.39, 0.29) is 28.5 Å². The first-order valence-electron chi connectivity index (χ1n) is 11.4. The molecule has 0 atom stereocenters. The van der Waals surface area contributed by atoms with Crippen LogP contribution in [0.2, 0.25) is 0 Å². The van der Waals surface area contributed by atoms with Gasteiger partial charge in [-0.3, -0.25) is 0 Å². The number of halogens is 1. The summed E-state index contributed by atoms with van der Waals surface area (Å²) in [5.74, 6) is 1.49. The predicted molar refractivity (Wildman–Crippen MR) is 124 cm³/mol. The second-order valence-electron chi connectivity index (χ2n) is 9.09. The maximum atomic E-state index is 14.7. The lowest BCUT2D eigenvalue weighted by molar-refractivity contribution is 0.135. The molecular weight excluding hydrogens is 475 g/mol. The Balaban J connectivity index is 1.33. The predicted octanol–water partition coefficient (Wildman–Crippen LogP) is 3.97. The van der Waals surface area contributed by atoms with Crippen molar-refractivity contribution in [1.82, 2.24) is 29.9 Å². The van der Waals surface area contributed by atoms with E-state index in [0.29, 0.717) is 22.8 Å². The molecule has 0 radical (unpaired) electrons. The molecule has 3 heterocycles. The third-order valence-electron chi connectivity index (χ3n) is 6.18. The summed E-state index contributed by atoms with van der Waals surface area (Å²) in [5.41, 5.74) is 0.444. The van der Waals surface area contributed by atoms with Crippen LogP contribution in [-0.2, 0) is 9.84 Å². The first-order chi connectivity index (χ1) is 16.7. The van der Waals surface area contributed by atoms with E-state index >= 15 is 0 Å². The van der Waals surface area contributed by atoms with Gasteiger partial charge in [-0.15, -0.1) is 0 Å². The highest BCUT2D eigenvalue weighted by Gasteiger charge is 2.29. The zero-order chi connectivity index (χ0) is 24.7. The molecule has 1 fully saturated rings. The molecule has 35 heavy (non-hydrogen) atoms. The summed E-state index contributed by atoms with van der Waals surface area (Å²) in [5, 5.41) is 8.86. The number of rotatable bonds is 6. The lowest BCUT2D eigenvalue weighted by Gasteiger charge is -2.26. The van der Waals surface area contributed by atoms with Gasteiger partial charge in [-0.1, -0.05) is 19.0 Å². The summed E-state index contributed by atoms with van der Waals surface area (Å²) >= 11 is 0. The van der Waals surface area contributed by atoms with Crippen LogP contribution in [0.3, 0.4) is 0 Å². The number of benzene rings is 1. The third-order valence-corrected chi connectivity index (χ3v) is 7.29. The van der Waals surface area contributed by atoms with Gasteiger partial charge in [0.1, 0.15) is 29.3 Å². The third kappa shape index (κ3) is 4.62. The lowest BCUT2D eigenvalue weighted by atomic mass is 9.87. The molecule has 0 N–H and O–H groups in total. The molecule has 12 heteroatoms. The molecule has 1 aliphatic rings. The Bertz CT molecular complexity index is 1470. The normalized spacial score (nSPS) is 18.9. The Morgan fingerprint density at radius 2 is 1.94 bits per heavy atom. The second-order valence-corrected chi connectivity index (χ2v) is 11.1. The second kappa shape index (κ2) is 8.99. The number of sulfone groups is 1. The number of fused-ring (bicyclic) bond motifs is 1. The molecule has 0 amide bonds. The fraction of sp³-hybridized carbons (Fsp3) is 0.435. The Morgan fingerprint density at radius 1 is 1.17 bits per heavy atom. The van der Waals surface area contributed by atoms with Gasteiger partial charge in [-0.05, 0) is 43.9 Å². The maximum absolute atomic E-state index is 14.7. The standard InChI is InChI=1S/C23H25FN6O4S/c1-13(2)20-28-22(34-29-20)14-4-6-15(7-5-14)33-23-17-11-27-30(21(17)25-12-26-23)19-9-8-16(10-18(19)24)35(3,31)32/h8-15H,4-7H2,1-3H3. The van der Waals surface area contributed by atoms with Gasteiger partial charge in [-0.25, -0.2) is 27.5 Å². The van der Waals surface area contributed by atoms with Crippen LogP contribution < -0.4 is 4.74 Å². The van der Waals surface area contributed by atoms with Crippen molar-refractivity contribution in [3.05, 3.63) is 48.3 Å². The molecule has 0 unspecified atom stereocenters. The molecule has 1 saturated carbocycles. The highest BCUT2D eigenvalue weighted by atomic mass is 32.2. The summed E-state index contributed by atoms with van der Waals surface area (Å²) in [6.45, 7) is 4.06. The van der Waals surface area contributed by atoms with E-state index in [0.717, 1.165) is 43.8 Å². The molecule has 4 aromatic rings. The van der Waals surface area contributed by atoms with E-state index in [9.17, 15) is 12.8 Å².